The number of aromatic nitrogens is 2. The summed E-state index contributed by atoms with van der Waals surface area (Å²) in [7, 11) is 4.25. The number of halogens is 2. The third-order valence-corrected chi connectivity index (χ3v) is 5.94. The highest BCUT2D eigenvalue weighted by Gasteiger charge is 2.22. The summed E-state index contributed by atoms with van der Waals surface area (Å²) in [6, 6.07) is 9.91. The topological polar surface area (TPSA) is 61.3 Å². The minimum Gasteiger partial charge on any atom is -0.504 e. The first-order valence-corrected chi connectivity index (χ1v) is 10.6. The van der Waals surface area contributed by atoms with Crippen molar-refractivity contribution in [3.8, 4) is 17.0 Å². The average molecular weight is 428 g/mol. The predicted octanol–water partition coefficient (Wildman–Crippen LogP) is 5.13. The summed E-state index contributed by atoms with van der Waals surface area (Å²) in [6.45, 7) is 1.13. The molecule has 1 radical (unpaired) electrons. The minimum atomic E-state index is -0.773. The van der Waals surface area contributed by atoms with Crippen molar-refractivity contribution in [1.29, 1.82) is 0 Å². The van der Waals surface area contributed by atoms with Gasteiger partial charge in [0.15, 0.2) is 11.6 Å². The number of aromatic hydroxyl groups is 1. The van der Waals surface area contributed by atoms with E-state index in [2.05, 4.69) is 35.4 Å². The molecule has 0 aliphatic heterocycles. The number of phenolic OH excluding ortho intramolecular Hbond substituents is 1. The van der Waals surface area contributed by atoms with Gasteiger partial charge in [0, 0.05) is 30.4 Å². The van der Waals surface area contributed by atoms with Crippen molar-refractivity contribution in [2.24, 2.45) is 5.92 Å². The fourth-order valence-corrected chi connectivity index (χ4v) is 4.38. The SMILES string of the molecule is CN(C)C[C@H]1CC[C@H](Nc2[c]cnc3ccc(-c4cc(F)c(O)c(Cl)c4)nc23)CC1. The number of hydrogen-bond acceptors (Lipinski definition) is 5. The summed E-state index contributed by atoms with van der Waals surface area (Å²) in [4.78, 5) is 11.3. The summed E-state index contributed by atoms with van der Waals surface area (Å²) in [5, 5.41) is 13.1. The molecule has 3 aromatic rings. The molecular formula is C23H25ClFN4O. The lowest BCUT2D eigenvalue weighted by molar-refractivity contribution is 0.255. The zero-order valence-electron chi connectivity index (χ0n) is 17.1. The second kappa shape index (κ2) is 8.74. The van der Waals surface area contributed by atoms with Crippen LogP contribution in [0, 0.1) is 17.8 Å². The van der Waals surface area contributed by atoms with Crippen LogP contribution in [-0.4, -0.2) is 46.7 Å². The van der Waals surface area contributed by atoms with Gasteiger partial charge in [-0.2, -0.15) is 0 Å². The molecule has 0 unspecified atom stereocenters. The Hall–Kier alpha value is -2.44. The Balaban J connectivity index is 1.58. The molecular weight excluding hydrogens is 403 g/mol. The van der Waals surface area contributed by atoms with Crippen LogP contribution in [0.4, 0.5) is 10.1 Å². The molecule has 0 amide bonds. The third kappa shape index (κ3) is 4.50. The highest BCUT2D eigenvalue weighted by atomic mass is 35.5. The van der Waals surface area contributed by atoms with E-state index in [1.165, 1.54) is 25.0 Å². The highest BCUT2D eigenvalue weighted by Crippen LogP contribution is 2.33. The molecule has 1 saturated carbocycles. The smallest absolute Gasteiger partial charge is 0.170 e. The van der Waals surface area contributed by atoms with Crippen molar-refractivity contribution in [2.75, 3.05) is 26.0 Å². The van der Waals surface area contributed by atoms with E-state index < -0.39 is 11.6 Å². The Morgan fingerprint density at radius 2 is 2.00 bits per heavy atom. The number of fused-ring (bicyclic) bond motifs is 1. The fraction of sp³-hybridized carbons (Fsp3) is 0.391. The quantitative estimate of drug-likeness (QED) is 0.591. The van der Waals surface area contributed by atoms with Crippen LogP contribution in [0.25, 0.3) is 22.3 Å². The molecule has 1 fully saturated rings. The Morgan fingerprint density at radius 1 is 1.23 bits per heavy atom. The largest absolute Gasteiger partial charge is 0.504 e. The molecule has 7 heteroatoms. The average Bonchev–Trinajstić information content (AvgIpc) is 2.72. The molecule has 5 nitrogen and oxygen atoms in total. The number of anilines is 1. The van der Waals surface area contributed by atoms with E-state index in [9.17, 15) is 9.50 Å². The maximum absolute atomic E-state index is 13.9. The summed E-state index contributed by atoms with van der Waals surface area (Å²) in [6.07, 6.45) is 6.26. The second-order valence-electron chi connectivity index (χ2n) is 8.25. The summed E-state index contributed by atoms with van der Waals surface area (Å²) in [5.41, 5.74) is 3.29. The van der Waals surface area contributed by atoms with E-state index >= 15 is 0 Å². The van der Waals surface area contributed by atoms with Gasteiger partial charge in [-0.05, 0) is 70.0 Å². The number of rotatable bonds is 5. The molecule has 0 spiro atoms. The van der Waals surface area contributed by atoms with Crippen molar-refractivity contribution < 1.29 is 9.50 Å². The Bertz CT molecular complexity index is 1030. The van der Waals surface area contributed by atoms with Gasteiger partial charge in [0.2, 0.25) is 0 Å². The second-order valence-corrected chi connectivity index (χ2v) is 8.66. The first-order valence-electron chi connectivity index (χ1n) is 10.2. The van der Waals surface area contributed by atoms with E-state index in [1.54, 1.807) is 12.3 Å². The van der Waals surface area contributed by atoms with Gasteiger partial charge in [-0.25, -0.2) is 9.37 Å². The van der Waals surface area contributed by atoms with Gasteiger partial charge in [0.05, 0.1) is 21.9 Å². The molecule has 2 aromatic heterocycles. The molecule has 1 aromatic carbocycles. The van der Waals surface area contributed by atoms with Crippen molar-refractivity contribution in [1.82, 2.24) is 14.9 Å². The maximum Gasteiger partial charge on any atom is 0.170 e. The standard InChI is InChI=1S/C23H25ClFN4O/c1-29(2)13-14-3-5-16(6-4-14)27-21-9-10-26-20-8-7-19(28-22(20)21)15-11-17(24)23(30)18(25)12-15/h7-8,10-12,14,16,30H,3-6,13H2,1-2H3,(H,26,27)/t14-,16-. The van der Waals surface area contributed by atoms with Gasteiger partial charge < -0.3 is 15.3 Å². The lowest BCUT2D eigenvalue weighted by Gasteiger charge is -2.31. The maximum atomic E-state index is 13.9. The molecule has 0 atom stereocenters. The summed E-state index contributed by atoms with van der Waals surface area (Å²) < 4.78 is 13.9. The first kappa shape index (κ1) is 20.8. The molecule has 1 aliphatic rings. The number of benzene rings is 1. The van der Waals surface area contributed by atoms with Crippen molar-refractivity contribution in [3.63, 3.8) is 0 Å². The molecule has 2 heterocycles. The van der Waals surface area contributed by atoms with E-state index in [0.717, 1.165) is 36.5 Å². The van der Waals surface area contributed by atoms with Crippen LogP contribution < -0.4 is 5.32 Å². The molecule has 1 aliphatic carbocycles. The highest BCUT2D eigenvalue weighted by molar-refractivity contribution is 6.32. The van der Waals surface area contributed by atoms with Gasteiger partial charge in [-0.15, -0.1) is 0 Å². The zero-order chi connectivity index (χ0) is 21.3. The monoisotopic (exact) mass is 427 g/mol. The lowest BCUT2D eigenvalue weighted by Crippen LogP contribution is -2.31. The van der Waals surface area contributed by atoms with Crippen LogP contribution in [-0.2, 0) is 0 Å². The number of pyridine rings is 2. The number of phenols is 1. The molecule has 0 saturated heterocycles. The lowest BCUT2D eigenvalue weighted by atomic mass is 9.85. The number of nitrogens with one attached hydrogen (secondary N) is 1. The Labute approximate surface area is 180 Å². The minimum absolute atomic E-state index is 0.0440. The molecule has 0 bridgehead atoms. The predicted molar refractivity (Wildman–Crippen MR) is 118 cm³/mol. The first-order chi connectivity index (χ1) is 14.4. The third-order valence-electron chi connectivity index (χ3n) is 5.65. The van der Waals surface area contributed by atoms with Crippen LogP contribution >= 0.6 is 11.6 Å². The number of nitrogens with zero attached hydrogens (tertiary/aromatic N) is 3. The Kier molecular flexibility index (Phi) is 6.06. The summed E-state index contributed by atoms with van der Waals surface area (Å²) >= 11 is 5.94. The molecule has 30 heavy (non-hydrogen) atoms. The van der Waals surface area contributed by atoms with Crippen molar-refractivity contribution in [2.45, 2.75) is 31.7 Å². The van der Waals surface area contributed by atoms with E-state index in [1.807, 2.05) is 6.07 Å². The molecule has 4 rings (SSSR count). The molecule has 2 N–H and O–H groups in total. The van der Waals surface area contributed by atoms with Crippen LogP contribution in [0.1, 0.15) is 25.7 Å². The van der Waals surface area contributed by atoms with Crippen LogP contribution in [0.2, 0.25) is 5.02 Å². The van der Waals surface area contributed by atoms with Gasteiger partial charge >= 0.3 is 0 Å². The van der Waals surface area contributed by atoms with Crippen LogP contribution in [0.3, 0.4) is 0 Å². The van der Waals surface area contributed by atoms with E-state index in [4.69, 9.17) is 16.6 Å². The van der Waals surface area contributed by atoms with Gasteiger partial charge in [-0.1, -0.05) is 11.6 Å². The van der Waals surface area contributed by atoms with E-state index in [0.29, 0.717) is 22.8 Å². The zero-order valence-corrected chi connectivity index (χ0v) is 17.9. The van der Waals surface area contributed by atoms with Crippen molar-refractivity contribution >= 4 is 28.3 Å². The van der Waals surface area contributed by atoms with Gasteiger partial charge in [0.1, 0.15) is 5.52 Å². The van der Waals surface area contributed by atoms with Crippen molar-refractivity contribution in [3.05, 3.63) is 47.4 Å². The number of hydrogen-bond donors (Lipinski definition) is 2. The molecule has 157 valence electrons. The van der Waals surface area contributed by atoms with Crippen LogP contribution in [0.15, 0.2) is 30.5 Å². The van der Waals surface area contributed by atoms with Gasteiger partial charge in [0.25, 0.3) is 0 Å². The fourth-order valence-electron chi connectivity index (χ4n) is 4.17. The normalized spacial score (nSPS) is 19.4. The summed E-state index contributed by atoms with van der Waals surface area (Å²) in [5.74, 6) is -0.580. The Morgan fingerprint density at radius 3 is 2.70 bits per heavy atom. The van der Waals surface area contributed by atoms with Crippen LogP contribution in [0.5, 0.6) is 5.75 Å². The van der Waals surface area contributed by atoms with E-state index in [-0.39, 0.29) is 5.02 Å². The van der Waals surface area contributed by atoms with Gasteiger partial charge in [-0.3, -0.25) is 4.98 Å².